The minimum atomic E-state index is -0.157. The number of likely N-dealkylation sites (N-methyl/N-ethyl adjacent to an activating group) is 1. The molecule has 5 heteroatoms. The molecular formula is C18H30N4O. The molecule has 128 valence electrons. The Bertz CT molecular complexity index is 514. The van der Waals surface area contributed by atoms with Crippen LogP contribution in [0.15, 0.2) is 12.3 Å². The average Bonchev–Trinajstić information content (AvgIpc) is 2.49. The molecule has 1 aromatic rings. The van der Waals surface area contributed by atoms with E-state index in [1.165, 1.54) is 12.8 Å². The molecule has 0 amide bonds. The highest BCUT2D eigenvalue weighted by atomic mass is 16.3. The number of hydrogen-bond acceptors (Lipinski definition) is 5. The van der Waals surface area contributed by atoms with Crippen LogP contribution in [0, 0.1) is 5.41 Å². The van der Waals surface area contributed by atoms with Crippen LogP contribution in [-0.2, 0) is 6.54 Å². The van der Waals surface area contributed by atoms with Crippen LogP contribution < -0.4 is 0 Å². The molecule has 2 saturated heterocycles. The maximum absolute atomic E-state index is 10.1. The molecule has 1 spiro atoms. The van der Waals surface area contributed by atoms with Crippen molar-refractivity contribution in [3.63, 3.8) is 0 Å². The molecule has 2 aliphatic heterocycles. The van der Waals surface area contributed by atoms with E-state index in [1.54, 1.807) is 0 Å². The van der Waals surface area contributed by atoms with Crippen molar-refractivity contribution in [1.29, 1.82) is 0 Å². The van der Waals surface area contributed by atoms with Gasteiger partial charge in [0.25, 0.3) is 0 Å². The highest BCUT2D eigenvalue weighted by Crippen LogP contribution is 2.39. The third kappa shape index (κ3) is 4.08. The van der Waals surface area contributed by atoms with Crippen molar-refractivity contribution in [2.75, 3.05) is 33.2 Å². The lowest BCUT2D eigenvalue weighted by atomic mass is 9.72. The molecule has 1 aromatic heterocycles. The number of aromatic nitrogens is 2. The van der Waals surface area contributed by atoms with E-state index in [1.807, 2.05) is 12.3 Å². The molecule has 2 aliphatic rings. The monoisotopic (exact) mass is 318 g/mol. The van der Waals surface area contributed by atoms with Gasteiger partial charge in [0.1, 0.15) is 5.82 Å². The molecule has 0 bridgehead atoms. The zero-order valence-corrected chi connectivity index (χ0v) is 14.7. The minimum Gasteiger partial charge on any atom is -0.392 e. The first-order valence-corrected chi connectivity index (χ1v) is 8.87. The number of rotatable bonds is 3. The Morgan fingerprint density at radius 1 is 1.35 bits per heavy atom. The number of likely N-dealkylation sites (tertiary alicyclic amines) is 2. The molecule has 0 aliphatic carbocycles. The van der Waals surface area contributed by atoms with Gasteiger partial charge in [-0.1, -0.05) is 13.8 Å². The summed E-state index contributed by atoms with van der Waals surface area (Å²) in [6.45, 7) is 9.33. The van der Waals surface area contributed by atoms with E-state index in [2.05, 4.69) is 35.7 Å². The maximum Gasteiger partial charge on any atom is 0.131 e. The van der Waals surface area contributed by atoms with Crippen molar-refractivity contribution >= 4 is 0 Å². The number of hydrogen-bond donors (Lipinski definition) is 1. The van der Waals surface area contributed by atoms with Crippen molar-refractivity contribution in [3.8, 4) is 0 Å². The van der Waals surface area contributed by atoms with E-state index in [0.717, 1.165) is 50.7 Å². The van der Waals surface area contributed by atoms with E-state index >= 15 is 0 Å². The summed E-state index contributed by atoms with van der Waals surface area (Å²) in [5.41, 5.74) is 1.44. The Morgan fingerprint density at radius 2 is 2.09 bits per heavy atom. The highest BCUT2D eigenvalue weighted by Gasteiger charge is 2.40. The van der Waals surface area contributed by atoms with Gasteiger partial charge >= 0.3 is 0 Å². The molecule has 2 fully saturated rings. The predicted molar refractivity (Wildman–Crippen MR) is 91.2 cm³/mol. The van der Waals surface area contributed by atoms with Crippen LogP contribution in [0.1, 0.15) is 50.5 Å². The molecule has 0 saturated carbocycles. The van der Waals surface area contributed by atoms with Gasteiger partial charge in [-0.3, -0.25) is 4.90 Å². The fourth-order valence-corrected chi connectivity index (χ4v) is 4.18. The molecule has 5 nitrogen and oxygen atoms in total. The zero-order valence-electron chi connectivity index (χ0n) is 14.7. The van der Waals surface area contributed by atoms with Gasteiger partial charge in [-0.15, -0.1) is 0 Å². The van der Waals surface area contributed by atoms with Crippen molar-refractivity contribution in [2.24, 2.45) is 5.41 Å². The molecule has 23 heavy (non-hydrogen) atoms. The number of aliphatic hydroxyl groups is 1. The Kier molecular flexibility index (Phi) is 4.99. The van der Waals surface area contributed by atoms with Crippen molar-refractivity contribution < 1.29 is 5.11 Å². The topological polar surface area (TPSA) is 52.5 Å². The smallest absolute Gasteiger partial charge is 0.131 e. The summed E-state index contributed by atoms with van der Waals surface area (Å²) < 4.78 is 0. The van der Waals surface area contributed by atoms with Crippen molar-refractivity contribution in [2.45, 2.75) is 51.7 Å². The van der Waals surface area contributed by atoms with Crippen molar-refractivity contribution in [3.05, 3.63) is 23.8 Å². The molecular weight excluding hydrogens is 288 g/mol. The Hall–Kier alpha value is -1.04. The van der Waals surface area contributed by atoms with Crippen LogP contribution in [0.25, 0.3) is 0 Å². The predicted octanol–water partition coefficient (Wildman–Crippen LogP) is 1.88. The van der Waals surface area contributed by atoms with Gasteiger partial charge < -0.3 is 10.0 Å². The third-order valence-corrected chi connectivity index (χ3v) is 5.35. The Labute approximate surface area is 139 Å². The van der Waals surface area contributed by atoms with Gasteiger partial charge in [-0.05, 0) is 50.9 Å². The largest absolute Gasteiger partial charge is 0.392 e. The number of aliphatic hydroxyl groups excluding tert-OH is 1. The fourth-order valence-electron chi connectivity index (χ4n) is 4.18. The van der Waals surface area contributed by atoms with Crippen LogP contribution in [0.4, 0.5) is 0 Å². The SMILES string of the molecule is CC(C)c1nccc(CN2CCC3(CC2)CC(O)CN(C)C3)n1. The molecule has 1 N–H and O–H groups in total. The molecule has 1 unspecified atom stereocenters. The highest BCUT2D eigenvalue weighted by molar-refractivity contribution is 5.05. The van der Waals surface area contributed by atoms with Gasteiger partial charge in [-0.25, -0.2) is 9.97 Å². The molecule has 0 aromatic carbocycles. The van der Waals surface area contributed by atoms with Crippen LogP contribution in [0.2, 0.25) is 0 Å². The first-order chi connectivity index (χ1) is 11.0. The third-order valence-electron chi connectivity index (χ3n) is 5.35. The first-order valence-electron chi connectivity index (χ1n) is 8.87. The van der Waals surface area contributed by atoms with Crippen LogP contribution >= 0.6 is 0 Å². The van der Waals surface area contributed by atoms with Crippen LogP contribution in [-0.4, -0.2) is 64.2 Å². The van der Waals surface area contributed by atoms with Crippen LogP contribution in [0.3, 0.4) is 0 Å². The number of piperidine rings is 2. The van der Waals surface area contributed by atoms with Gasteiger partial charge in [0, 0.05) is 31.7 Å². The average molecular weight is 318 g/mol. The van der Waals surface area contributed by atoms with E-state index in [0.29, 0.717) is 11.3 Å². The standard InChI is InChI=1S/C18H30N4O/c1-14(2)17-19-7-4-15(20-17)11-22-8-5-18(6-9-22)10-16(23)12-21(3)13-18/h4,7,14,16,23H,5-6,8-13H2,1-3H3. The number of nitrogens with zero attached hydrogens (tertiary/aromatic N) is 4. The van der Waals surface area contributed by atoms with E-state index < -0.39 is 0 Å². The summed E-state index contributed by atoms with van der Waals surface area (Å²) in [5.74, 6) is 1.31. The van der Waals surface area contributed by atoms with Crippen molar-refractivity contribution in [1.82, 2.24) is 19.8 Å². The van der Waals surface area contributed by atoms with Gasteiger partial charge in [-0.2, -0.15) is 0 Å². The summed E-state index contributed by atoms with van der Waals surface area (Å²) in [7, 11) is 2.13. The molecule has 3 heterocycles. The Balaban J connectivity index is 1.58. The van der Waals surface area contributed by atoms with E-state index in [9.17, 15) is 5.11 Å². The summed E-state index contributed by atoms with van der Waals surface area (Å²) in [4.78, 5) is 13.8. The lowest BCUT2D eigenvalue weighted by molar-refractivity contribution is -0.0332. The summed E-state index contributed by atoms with van der Waals surface area (Å²) >= 11 is 0. The second kappa shape index (κ2) is 6.83. The Morgan fingerprint density at radius 3 is 2.74 bits per heavy atom. The second-order valence-corrected chi connectivity index (χ2v) is 7.89. The van der Waals surface area contributed by atoms with Crippen LogP contribution in [0.5, 0.6) is 0 Å². The minimum absolute atomic E-state index is 0.157. The molecule has 3 rings (SSSR count). The summed E-state index contributed by atoms with van der Waals surface area (Å²) in [6, 6.07) is 2.04. The molecule has 0 radical (unpaired) electrons. The normalized spacial score (nSPS) is 26.0. The quantitative estimate of drug-likeness (QED) is 0.922. The lowest BCUT2D eigenvalue weighted by Gasteiger charge is -2.48. The van der Waals surface area contributed by atoms with Gasteiger partial charge in [0.2, 0.25) is 0 Å². The summed E-state index contributed by atoms with van der Waals surface area (Å²) in [5, 5.41) is 10.1. The second-order valence-electron chi connectivity index (χ2n) is 7.89. The summed E-state index contributed by atoms with van der Waals surface area (Å²) in [6.07, 6.45) is 5.05. The lowest BCUT2D eigenvalue weighted by Crippen LogP contribution is -2.52. The van der Waals surface area contributed by atoms with E-state index in [-0.39, 0.29) is 6.10 Å². The van der Waals surface area contributed by atoms with Gasteiger partial charge in [0.05, 0.1) is 11.8 Å². The first kappa shape index (κ1) is 16.8. The molecule has 1 atom stereocenters. The maximum atomic E-state index is 10.1. The van der Waals surface area contributed by atoms with E-state index in [4.69, 9.17) is 4.98 Å². The zero-order chi connectivity index (χ0) is 16.4. The number of β-amino-alcohol motifs (C(OH)–C–C–N with tert-alkyl or cyclic N) is 1. The fraction of sp³-hybridized carbons (Fsp3) is 0.778. The van der Waals surface area contributed by atoms with Gasteiger partial charge in [0.15, 0.2) is 0 Å².